The lowest BCUT2D eigenvalue weighted by Gasteiger charge is -2.28. The van der Waals surface area contributed by atoms with Gasteiger partial charge in [-0.2, -0.15) is 16.7 Å². The molecule has 1 aliphatic rings. The fraction of sp³-hybridized carbons (Fsp3) is 0.417. The van der Waals surface area contributed by atoms with Crippen LogP contribution in [0.1, 0.15) is 6.92 Å². The zero-order chi connectivity index (χ0) is 11.8. The van der Waals surface area contributed by atoms with Crippen molar-refractivity contribution >= 4 is 34.6 Å². The molecule has 0 spiro atoms. The molecular formula is C12H15N3OS. The first-order valence-electron chi connectivity index (χ1n) is 5.75. The van der Waals surface area contributed by atoms with Gasteiger partial charge in [-0.1, -0.05) is 6.92 Å². The molecule has 2 N–H and O–H groups in total. The molecule has 90 valence electrons. The Morgan fingerprint density at radius 2 is 2.41 bits per heavy atom. The van der Waals surface area contributed by atoms with Crippen molar-refractivity contribution in [1.82, 2.24) is 4.98 Å². The molecule has 0 bridgehead atoms. The maximum atomic E-state index is 5.76. The Bertz CT molecular complexity index is 540. The zero-order valence-corrected chi connectivity index (χ0v) is 10.5. The zero-order valence-electron chi connectivity index (χ0n) is 9.72. The highest BCUT2D eigenvalue weighted by atomic mass is 32.2. The van der Waals surface area contributed by atoms with Gasteiger partial charge < -0.3 is 15.1 Å². The van der Waals surface area contributed by atoms with E-state index in [4.69, 9.17) is 10.2 Å². The summed E-state index contributed by atoms with van der Waals surface area (Å²) in [6.07, 6.45) is 0. The summed E-state index contributed by atoms with van der Waals surface area (Å²) < 4.78 is 5.76. The number of nitrogen functional groups attached to an aromatic ring is 1. The summed E-state index contributed by atoms with van der Waals surface area (Å²) in [7, 11) is 0. The summed E-state index contributed by atoms with van der Waals surface area (Å²) >= 11 is 1.99. The molecule has 0 radical (unpaired) electrons. The van der Waals surface area contributed by atoms with E-state index < -0.39 is 0 Å². The van der Waals surface area contributed by atoms with Crippen LogP contribution in [0.25, 0.3) is 11.1 Å². The SMILES string of the molecule is CC1CN(c2nc3cc(N)ccc3o2)CCS1. The van der Waals surface area contributed by atoms with Gasteiger partial charge in [0.25, 0.3) is 6.01 Å². The van der Waals surface area contributed by atoms with Crippen LogP contribution in [0.3, 0.4) is 0 Å². The lowest BCUT2D eigenvalue weighted by Crippen LogP contribution is -2.36. The number of oxazole rings is 1. The molecule has 0 saturated carbocycles. The maximum absolute atomic E-state index is 5.76. The van der Waals surface area contributed by atoms with E-state index in [0.29, 0.717) is 5.25 Å². The third-order valence-electron chi connectivity index (χ3n) is 2.91. The van der Waals surface area contributed by atoms with Gasteiger partial charge in [-0.15, -0.1) is 0 Å². The molecule has 0 aliphatic carbocycles. The number of hydrogen-bond donors (Lipinski definition) is 1. The summed E-state index contributed by atoms with van der Waals surface area (Å²) in [5.74, 6) is 1.13. The average Bonchev–Trinajstić information content (AvgIpc) is 2.72. The summed E-state index contributed by atoms with van der Waals surface area (Å²) in [4.78, 5) is 6.71. The number of nitrogens with two attached hydrogens (primary N) is 1. The Morgan fingerprint density at radius 3 is 3.24 bits per heavy atom. The number of thioether (sulfide) groups is 1. The Balaban J connectivity index is 1.94. The quantitative estimate of drug-likeness (QED) is 0.786. The maximum Gasteiger partial charge on any atom is 0.298 e. The molecule has 1 fully saturated rings. The minimum Gasteiger partial charge on any atom is -0.423 e. The number of fused-ring (bicyclic) bond motifs is 1. The van der Waals surface area contributed by atoms with Gasteiger partial charge in [0, 0.05) is 29.8 Å². The van der Waals surface area contributed by atoms with Crippen molar-refractivity contribution in [2.24, 2.45) is 0 Å². The van der Waals surface area contributed by atoms with Crippen molar-refractivity contribution in [2.75, 3.05) is 29.5 Å². The number of benzene rings is 1. The molecule has 0 amide bonds. The number of nitrogens with zero attached hydrogens (tertiary/aromatic N) is 2. The van der Waals surface area contributed by atoms with E-state index in [9.17, 15) is 0 Å². The van der Waals surface area contributed by atoms with Gasteiger partial charge in [0.05, 0.1) is 0 Å². The van der Waals surface area contributed by atoms with Crippen molar-refractivity contribution < 1.29 is 4.42 Å². The van der Waals surface area contributed by atoms with E-state index >= 15 is 0 Å². The van der Waals surface area contributed by atoms with E-state index in [-0.39, 0.29) is 0 Å². The molecule has 2 heterocycles. The summed E-state index contributed by atoms with van der Waals surface area (Å²) in [5, 5.41) is 0.629. The number of hydrogen-bond acceptors (Lipinski definition) is 5. The molecule has 3 rings (SSSR count). The van der Waals surface area contributed by atoms with Gasteiger partial charge in [0.2, 0.25) is 0 Å². The molecule has 1 aliphatic heterocycles. The van der Waals surface area contributed by atoms with Crippen LogP contribution < -0.4 is 10.6 Å². The second-order valence-electron chi connectivity index (χ2n) is 4.35. The highest BCUT2D eigenvalue weighted by Crippen LogP contribution is 2.27. The number of anilines is 2. The van der Waals surface area contributed by atoms with Crippen molar-refractivity contribution in [1.29, 1.82) is 0 Å². The Kier molecular flexibility index (Phi) is 2.63. The van der Waals surface area contributed by atoms with E-state index in [1.807, 2.05) is 30.0 Å². The largest absolute Gasteiger partial charge is 0.423 e. The first kappa shape index (κ1) is 10.8. The fourth-order valence-corrected chi connectivity index (χ4v) is 3.07. The van der Waals surface area contributed by atoms with Crippen LogP contribution in [0.5, 0.6) is 0 Å². The highest BCUT2D eigenvalue weighted by molar-refractivity contribution is 8.00. The summed E-state index contributed by atoms with van der Waals surface area (Å²) in [6, 6.07) is 6.29. The molecule has 1 aromatic carbocycles. The van der Waals surface area contributed by atoms with Crippen LogP contribution in [0.4, 0.5) is 11.7 Å². The molecule has 1 atom stereocenters. The number of aromatic nitrogens is 1. The molecular weight excluding hydrogens is 234 g/mol. The molecule has 5 heteroatoms. The van der Waals surface area contributed by atoms with Crippen LogP contribution in [-0.4, -0.2) is 29.1 Å². The molecule has 1 aromatic heterocycles. The minimum atomic E-state index is 0.629. The van der Waals surface area contributed by atoms with Crippen molar-refractivity contribution in [2.45, 2.75) is 12.2 Å². The van der Waals surface area contributed by atoms with Crippen LogP contribution in [0.15, 0.2) is 22.6 Å². The predicted molar refractivity (Wildman–Crippen MR) is 72.6 cm³/mol. The standard InChI is InChI=1S/C12H15N3OS/c1-8-7-15(4-5-17-8)12-14-10-6-9(13)2-3-11(10)16-12/h2-3,6,8H,4-5,7,13H2,1H3. The van der Waals surface area contributed by atoms with Gasteiger partial charge in [-0.05, 0) is 18.2 Å². The molecule has 1 saturated heterocycles. The average molecular weight is 249 g/mol. The van der Waals surface area contributed by atoms with Gasteiger partial charge in [0.1, 0.15) is 5.52 Å². The topological polar surface area (TPSA) is 55.3 Å². The third-order valence-corrected chi connectivity index (χ3v) is 4.05. The second-order valence-corrected chi connectivity index (χ2v) is 5.90. The van der Waals surface area contributed by atoms with Crippen LogP contribution in [0, 0.1) is 0 Å². The normalized spacial score (nSPS) is 21.0. The Morgan fingerprint density at radius 1 is 1.53 bits per heavy atom. The van der Waals surface area contributed by atoms with E-state index in [1.165, 1.54) is 0 Å². The lowest BCUT2D eigenvalue weighted by atomic mass is 10.3. The van der Waals surface area contributed by atoms with E-state index in [1.54, 1.807) is 0 Å². The Labute approximate surface area is 104 Å². The molecule has 17 heavy (non-hydrogen) atoms. The van der Waals surface area contributed by atoms with Crippen LogP contribution >= 0.6 is 11.8 Å². The fourth-order valence-electron chi connectivity index (χ4n) is 2.06. The third kappa shape index (κ3) is 2.07. The monoisotopic (exact) mass is 249 g/mol. The Hall–Kier alpha value is -1.36. The first-order chi connectivity index (χ1) is 8.22. The molecule has 4 nitrogen and oxygen atoms in total. The van der Waals surface area contributed by atoms with Gasteiger partial charge in [0.15, 0.2) is 5.58 Å². The van der Waals surface area contributed by atoms with Gasteiger partial charge in [-0.25, -0.2) is 0 Å². The summed E-state index contributed by atoms with van der Waals surface area (Å²) in [6.45, 7) is 4.22. The lowest BCUT2D eigenvalue weighted by molar-refractivity contribution is 0.567. The van der Waals surface area contributed by atoms with Crippen LogP contribution in [0.2, 0.25) is 0 Å². The van der Waals surface area contributed by atoms with Gasteiger partial charge >= 0.3 is 0 Å². The summed E-state index contributed by atoms with van der Waals surface area (Å²) in [5.41, 5.74) is 8.10. The second kappa shape index (κ2) is 4.14. The van der Waals surface area contributed by atoms with Crippen molar-refractivity contribution in [3.05, 3.63) is 18.2 Å². The van der Waals surface area contributed by atoms with Gasteiger partial charge in [-0.3, -0.25) is 0 Å². The smallest absolute Gasteiger partial charge is 0.298 e. The molecule has 2 aromatic rings. The van der Waals surface area contributed by atoms with Crippen LogP contribution in [-0.2, 0) is 0 Å². The van der Waals surface area contributed by atoms with Crippen molar-refractivity contribution in [3.63, 3.8) is 0 Å². The highest BCUT2D eigenvalue weighted by Gasteiger charge is 2.21. The predicted octanol–water partition coefficient (Wildman–Crippen LogP) is 2.35. The van der Waals surface area contributed by atoms with Crippen molar-refractivity contribution in [3.8, 4) is 0 Å². The molecule has 1 unspecified atom stereocenters. The first-order valence-corrected chi connectivity index (χ1v) is 6.80. The van der Waals surface area contributed by atoms with E-state index in [2.05, 4.69) is 16.8 Å². The van der Waals surface area contributed by atoms with E-state index in [0.717, 1.165) is 41.6 Å². The minimum absolute atomic E-state index is 0.629. The number of rotatable bonds is 1.